The van der Waals surface area contributed by atoms with Crippen molar-refractivity contribution < 1.29 is 4.79 Å². The molecule has 0 fully saturated rings. The summed E-state index contributed by atoms with van der Waals surface area (Å²) in [4.78, 5) is 12.2. The van der Waals surface area contributed by atoms with Crippen LogP contribution in [0.5, 0.6) is 0 Å². The van der Waals surface area contributed by atoms with Crippen LogP contribution in [0.2, 0.25) is 0 Å². The third-order valence-corrected chi connectivity index (χ3v) is 3.69. The van der Waals surface area contributed by atoms with Gasteiger partial charge in [-0.1, -0.05) is 36.4 Å². The van der Waals surface area contributed by atoms with E-state index in [0.717, 1.165) is 29.8 Å². The monoisotopic (exact) mass is 239 g/mol. The molecule has 0 amide bonds. The van der Waals surface area contributed by atoms with Crippen LogP contribution in [0.4, 0.5) is 0 Å². The second kappa shape index (κ2) is 4.45. The van der Waals surface area contributed by atoms with Crippen LogP contribution in [0.3, 0.4) is 0 Å². The Bertz CT molecular complexity index is 539. The third kappa shape index (κ3) is 1.88. The minimum atomic E-state index is 0.134. The number of carbonyl (C=O) groups excluding carboxylic acids is 1. The highest BCUT2D eigenvalue weighted by molar-refractivity contribution is 5.99. The molecular weight excluding hydrogens is 222 g/mol. The molecule has 2 nitrogen and oxygen atoms in total. The highest BCUT2D eigenvalue weighted by Gasteiger charge is 2.30. The first-order valence-corrected chi connectivity index (χ1v) is 6.52. The topological polar surface area (TPSA) is 29.1 Å². The molecule has 0 saturated carbocycles. The van der Waals surface area contributed by atoms with Gasteiger partial charge < -0.3 is 5.32 Å². The minimum absolute atomic E-state index is 0.134. The molecule has 0 aromatic heterocycles. The second-order valence-electron chi connectivity index (χ2n) is 5.03. The lowest BCUT2D eigenvalue weighted by Gasteiger charge is -2.30. The Labute approximate surface area is 107 Å². The van der Waals surface area contributed by atoms with Crippen LogP contribution in [-0.4, -0.2) is 5.78 Å². The average molecular weight is 239 g/mol. The molecule has 18 heavy (non-hydrogen) atoms. The highest BCUT2D eigenvalue weighted by Crippen LogP contribution is 2.37. The van der Waals surface area contributed by atoms with E-state index in [1.165, 1.54) is 5.56 Å². The molecule has 3 rings (SSSR count). The largest absolute Gasteiger partial charge is 0.362 e. The molecule has 0 radical (unpaired) electrons. The smallest absolute Gasteiger partial charge is 0.161 e. The highest BCUT2D eigenvalue weighted by atomic mass is 16.1. The zero-order valence-corrected chi connectivity index (χ0v) is 10.6. The van der Waals surface area contributed by atoms with Gasteiger partial charge >= 0.3 is 0 Å². The minimum Gasteiger partial charge on any atom is -0.362 e. The van der Waals surface area contributed by atoms with Crippen LogP contribution >= 0.6 is 0 Å². The lowest BCUT2D eigenvalue weighted by Crippen LogP contribution is -2.28. The summed E-state index contributed by atoms with van der Waals surface area (Å²) in [5.41, 5.74) is 4.48. The maximum absolute atomic E-state index is 12.2. The van der Waals surface area contributed by atoms with Gasteiger partial charge in [-0.25, -0.2) is 0 Å². The van der Waals surface area contributed by atoms with Gasteiger partial charge in [0.25, 0.3) is 0 Å². The first-order valence-electron chi connectivity index (χ1n) is 6.52. The van der Waals surface area contributed by atoms with Gasteiger partial charge in [-0.3, -0.25) is 4.79 Å². The van der Waals surface area contributed by atoms with Crippen molar-refractivity contribution in [2.75, 3.05) is 0 Å². The fourth-order valence-electron chi connectivity index (χ4n) is 2.89. The van der Waals surface area contributed by atoms with E-state index < -0.39 is 0 Å². The number of rotatable bonds is 1. The van der Waals surface area contributed by atoms with E-state index in [1.54, 1.807) is 0 Å². The van der Waals surface area contributed by atoms with Gasteiger partial charge in [-0.15, -0.1) is 0 Å². The number of dihydropyridines is 1. The molecule has 0 bridgehead atoms. The zero-order chi connectivity index (χ0) is 12.5. The quantitative estimate of drug-likeness (QED) is 0.814. The van der Waals surface area contributed by atoms with Crippen LogP contribution in [0.15, 0.2) is 53.4 Å². The molecule has 0 spiro atoms. The van der Waals surface area contributed by atoms with Crippen molar-refractivity contribution in [1.82, 2.24) is 5.32 Å². The standard InChI is InChI=1S/C16H17NO/c1-11-10-13(12-6-3-2-4-7-12)16-14(17-11)8-5-9-15(16)18/h2-4,6-7,10,13,17H,5,8-9H2,1H3. The first kappa shape index (κ1) is 11.3. The molecule has 2 heteroatoms. The summed E-state index contributed by atoms with van der Waals surface area (Å²) in [6.07, 6.45) is 4.82. The van der Waals surface area contributed by atoms with E-state index >= 15 is 0 Å². The van der Waals surface area contributed by atoms with Gasteiger partial charge in [0, 0.05) is 29.3 Å². The molecule has 1 atom stereocenters. The molecule has 1 unspecified atom stereocenters. The zero-order valence-electron chi connectivity index (χ0n) is 10.6. The lowest BCUT2D eigenvalue weighted by atomic mass is 9.80. The normalized spacial score (nSPS) is 23.3. The molecule has 1 aromatic carbocycles. The van der Waals surface area contributed by atoms with E-state index in [2.05, 4.69) is 30.4 Å². The van der Waals surface area contributed by atoms with Crippen molar-refractivity contribution in [1.29, 1.82) is 0 Å². The van der Waals surface area contributed by atoms with Crippen molar-refractivity contribution in [2.45, 2.75) is 32.1 Å². The van der Waals surface area contributed by atoms with Crippen LogP contribution in [0.25, 0.3) is 0 Å². The van der Waals surface area contributed by atoms with Crippen LogP contribution in [0, 0.1) is 0 Å². The average Bonchev–Trinajstić information content (AvgIpc) is 2.39. The van der Waals surface area contributed by atoms with Crippen molar-refractivity contribution in [3.8, 4) is 0 Å². The predicted molar refractivity (Wildman–Crippen MR) is 72.0 cm³/mol. The molecule has 1 aromatic rings. The summed E-state index contributed by atoms with van der Waals surface area (Å²) in [5, 5.41) is 3.37. The van der Waals surface area contributed by atoms with Gasteiger partial charge in [-0.2, -0.15) is 0 Å². The van der Waals surface area contributed by atoms with Gasteiger partial charge in [0.05, 0.1) is 0 Å². The molecule has 1 heterocycles. The lowest BCUT2D eigenvalue weighted by molar-refractivity contribution is -0.116. The molecule has 1 aliphatic carbocycles. The first-order chi connectivity index (χ1) is 8.75. The summed E-state index contributed by atoms with van der Waals surface area (Å²) in [5.74, 6) is 0.441. The maximum Gasteiger partial charge on any atom is 0.161 e. The fraction of sp³-hybridized carbons (Fsp3) is 0.312. The molecule has 2 aliphatic rings. The van der Waals surface area contributed by atoms with E-state index in [9.17, 15) is 4.79 Å². The van der Waals surface area contributed by atoms with E-state index in [1.807, 2.05) is 18.2 Å². The Morgan fingerprint density at radius 3 is 2.72 bits per heavy atom. The van der Waals surface area contributed by atoms with Gasteiger partial charge in [0.2, 0.25) is 0 Å². The van der Waals surface area contributed by atoms with Crippen LogP contribution in [-0.2, 0) is 4.79 Å². The van der Waals surface area contributed by atoms with Gasteiger partial charge in [0.1, 0.15) is 0 Å². The number of nitrogens with one attached hydrogen (secondary N) is 1. The number of ketones is 1. The number of hydrogen-bond acceptors (Lipinski definition) is 2. The number of Topliss-reactive ketones (excluding diaryl/α,β-unsaturated/α-hetero) is 1. The maximum atomic E-state index is 12.2. The fourth-order valence-corrected chi connectivity index (χ4v) is 2.89. The summed E-state index contributed by atoms with van der Waals surface area (Å²) in [7, 11) is 0. The molecule has 0 saturated heterocycles. The van der Waals surface area contributed by atoms with Crippen molar-refractivity contribution in [3.63, 3.8) is 0 Å². The SMILES string of the molecule is CC1=CC(c2ccccc2)C2=C(CCCC2=O)N1. The van der Waals surface area contributed by atoms with E-state index in [0.29, 0.717) is 12.2 Å². The molecule has 1 N–H and O–H groups in total. The number of hydrogen-bond donors (Lipinski definition) is 1. The van der Waals surface area contributed by atoms with Gasteiger partial charge in [-0.05, 0) is 25.3 Å². The number of benzene rings is 1. The second-order valence-corrected chi connectivity index (χ2v) is 5.03. The number of carbonyl (C=O) groups is 1. The molecule has 1 aliphatic heterocycles. The molecular formula is C16H17NO. The van der Waals surface area contributed by atoms with Gasteiger partial charge in [0.15, 0.2) is 5.78 Å². The number of allylic oxidation sites excluding steroid dienone is 4. The predicted octanol–water partition coefficient (Wildman–Crippen LogP) is 3.28. The Morgan fingerprint density at radius 1 is 1.17 bits per heavy atom. The van der Waals surface area contributed by atoms with Crippen molar-refractivity contribution in [3.05, 3.63) is 58.9 Å². The van der Waals surface area contributed by atoms with Crippen molar-refractivity contribution in [2.24, 2.45) is 0 Å². The van der Waals surface area contributed by atoms with Crippen molar-refractivity contribution >= 4 is 5.78 Å². The summed E-state index contributed by atoms with van der Waals surface area (Å²) < 4.78 is 0. The Hall–Kier alpha value is -1.83. The molecule has 92 valence electrons. The Morgan fingerprint density at radius 2 is 1.94 bits per heavy atom. The van der Waals surface area contributed by atoms with E-state index in [-0.39, 0.29) is 5.92 Å². The summed E-state index contributed by atoms with van der Waals surface area (Å²) >= 11 is 0. The third-order valence-electron chi connectivity index (χ3n) is 3.69. The summed E-state index contributed by atoms with van der Waals surface area (Å²) in [6.45, 7) is 2.07. The van der Waals surface area contributed by atoms with Crippen LogP contribution in [0.1, 0.15) is 37.7 Å². The van der Waals surface area contributed by atoms with E-state index in [4.69, 9.17) is 0 Å². The Kier molecular flexibility index (Phi) is 2.78. The summed E-state index contributed by atoms with van der Waals surface area (Å²) in [6, 6.07) is 10.3. The Balaban J connectivity index is 2.08. The van der Waals surface area contributed by atoms with Crippen LogP contribution < -0.4 is 5.32 Å².